The molecule has 0 aliphatic heterocycles. The third-order valence-electron chi connectivity index (χ3n) is 3.69. The van der Waals surface area contributed by atoms with Crippen LogP contribution in [0.15, 0.2) is 18.2 Å². The minimum absolute atomic E-state index is 0.322. The van der Waals surface area contributed by atoms with Gasteiger partial charge in [0.25, 0.3) is 0 Å². The molecule has 1 heterocycles. The predicted molar refractivity (Wildman–Crippen MR) is 81.5 cm³/mol. The zero-order chi connectivity index (χ0) is 14.8. The molecule has 1 aromatic heterocycles. The minimum atomic E-state index is -0.907. The van der Waals surface area contributed by atoms with E-state index >= 15 is 0 Å². The summed E-state index contributed by atoms with van der Waals surface area (Å²) in [4.78, 5) is 15.6. The molecule has 1 aliphatic rings. The number of carboxylic acid groups (broad SMARTS) is 1. The molecule has 5 heteroatoms. The average Bonchev–Trinajstić information content (AvgIpc) is 3.04. The normalized spacial score (nSPS) is 13.2. The van der Waals surface area contributed by atoms with Gasteiger partial charge in [-0.3, -0.25) is 0 Å². The van der Waals surface area contributed by atoms with Gasteiger partial charge in [0.05, 0.1) is 17.3 Å². The summed E-state index contributed by atoms with van der Waals surface area (Å²) in [5.74, 6) is -0.0156. The molecular weight excluding hydrogens is 286 g/mol. The average molecular weight is 303 g/mol. The maximum absolute atomic E-state index is 11.0. The Labute approximate surface area is 127 Å². The lowest BCUT2D eigenvalue weighted by Gasteiger charge is -2.07. The second kappa shape index (κ2) is 5.85. The first-order valence-electron chi connectivity index (χ1n) is 7.07. The fraction of sp³-hybridized carbons (Fsp3) is 0.375. The van der Waals surface area contributed by atoms with Crippen molar-refractivity contribution in [3.8, 4) is 5.75 Å². The van der Waals surface area contributed by atoms with Gasteiger partial charge in [0.2, 0.25) is 0 Å². The monoisotopic (exact) mass is 303 g/mol. The molecule has 1 aromatic carbocycles. The van der Waals surface area contributed by atoms with Crippen molar-refractivity contribution in [3.05, 3.63) is 44.9 Å². The molecule has 0 saturated heterocycles. The van der Waals surface area contributed by atoms with E-state index in [4.69, 9.17) is 9.84 Å². The zero-order valence-electron chi connectivity index (χ0n) is 11.9. The Morgan fingerprint density at radius 2 is 2.19 bits per heavy atom. The lowest BCUT2D eigenvalue weighted by atomic mass is 10.1. The van der Waals surface area contributed by atoms with Crippen molar-refractivity contribution in [2.75, 3.05) is 6.61 Å². The van der Waals surface area contributed by atoms with Gasteiger partial charge in [-0.1, -0.05) is 6.07 Å². The molecule has 0 bridgehead atoms. The Kier molecular flexibility index (Phi) is 3.92. The SMILES string of the molecule is Cc1nc(CCOc2ccc3c(c2)CCC3)sc1C(=O)O. The van der Waals surface area contributed by atoms with Crippen LogP contribution in [0.4, 0.5) is 0 Å². The van der Waals surface area contributed by atoms with Crippen LogP contribution in [0.25, 0.3) is 0 Å². The Morgan fingerprint density at radius 3 is 2.95 bits per heavy atom. The quantitative estimate of drug-likeness (QED) is 0.921. The number of thiazole rings is 1. The Hall–Kier alpha value is -1.88. The molecule has 0 atom stereocenters. The van der Waals surface area contributed by atoms with Crippen molar-refractivity contribution in [2.24, 2.45) is 0 Å². The highest BCUT2D eigenvalue weighted by molar-refractivity contribution is 7.13. The number of rotatable bonds is 5. The number of fused-ring (bicyclic) bond motifs is 1. The van der Waals surface area contributed by atoms with E-state index in [2.05, 4.69) is 17.1 Å². The van der Waals surface area contributed by atoms with E-state index < -0.39 is 5.97 Å². The van der Waals surface area contributed by atoms with Crippen LogP contribution in [0.3, 0.4) is 0 Å². The standard InChI is InChI=1S/C16H17NO3S/c1-10-15(16(18)19)21-14(17-10)7-8-20-13-6-5-11-3-2-4-12(11)9-13/h5-6,9H,2-4,7-8H2,1H3,(H,18,19). The number of nitrogens with zero attached hydrogens (tertiary/aromatic N) is 1. The van der Waals surface area contributed by atoms with Crippen LogP contribution >= 0.6 is 11.3 Å². The van der Waals surface area contributed by atoms with Crippen molar-refractivity contribution >= 4 is 17.3 Å². The molecule has 110 valence electrons. The second-order valence-electron chi connectivity index (χ2n) is 5.21. The number of aryl methyl sites for hydroxylation is 3. The fourth-order valence-electron chi connectivity index (χ4n) is 2.65. The van der Waals surface area contributed by atoms with Gasteiger partial charge in [-0.2, -0.15) is 0 Å². The fourth-order valence-corrected chi connectivity index (χ4v) is 3.54. The van der Waals surface area contributed by atoms with Gasteiger partial charge >= 0.3 is 5.97 Å². The number of carboxylic acids is 1. The van der Waals surface area contributed by atoms with E-state index in [-0.39, 0.29) is 0 Å². The Morgan fingerprint density at radius 1 is 1.38 bits per heavy atom. The summed E-state index contributed by atoms with van der Waals surface area (Å²) in [5, 5.41) is 9.82. The van der Waals surface area contributed by atoms with E-state index in [0.717, 1.165) is 17.2 Å². The summed E-state index contributed by atoms with van der Waals surface area (Å²) >= 11 is 1.23. The van der Waals surface area contributed by atoms with Crippen molar-refractivity contribution in [2.45, 2.75) is 32.6 Å². The smallest absolute Gasteiger partial charge is 0.347 e. The summed E-state index contributed by atoms with van der Waals surface area (Å²) < 4.78 is 5.76. The number of hydrogen-bond acceptors (Lipinski definition) is 4. The summed E-state index contributed by atoms with van der Waals surface area (Å²) in [6.07, 6.45) is 4.18. The van der Waals surface area contributed by atoms with E-state index in [9.17, 15) is 4.79 Å². The molecule has 21 heavy (non-hydrogen) atoms. The second-order valence-corrected chi connectivity index (χ2v) is 6.29. The molecule has 2 aromatic rings. The van der Waals surface area contributed by atoms with E-state index in [1.165, 1.54) is 35.3 Å². The highest BCUT2D eigenvalue weighted by atomic mass is 32.1. The van der Waals surface area contributed by atoms with E-state index in [1.807, 2.05) is 6.07 Å². The van der Waals surface area contributed by atoms with Crippen LogP contribution in [0.2, 0.25) is 0 Å². The highest BCUT2D eigenvalue weighted by Gasteiger charge is 2.14. The van der Waals surface area contributed by atoms with Crippen LogP contribution in [0.1, 0.15) is 37.9 Å². The van der Waals surface area contributed by atoms with Crippen LogP contribution < -0.4 is 4.74 Å². The number of benzene rings is 1. The number of carbonyl (C=O) groups is 1. The first-order chi connectivity index (χ1) is 10.1. The van der Waals surface area contributed by atoms with Crippen LogP contribution in [0.5, 0.6) is 5.75 Å². The molecule has 4 nitrogen and oxygen atoms in total. The molecule has 0 amide bonds. The number of ether oxygens (including phenoxy) is 1. The number of aromatic nitrogens is 1. The van der Waals surface area contributed by atoms with Gasteiger partial charge < -0.3 is 9.84 Å². The summed E-state index contributed by atoms with van der Waals surface area (Å²) in [6.45, 7) is 2.25. The summed E-state index contributed by atoms with van der Waals surface area (Å²) in [7, 11) is 0. The van der Waals surface area contributed by atoms with Crippen LogP contribution in [-0.2, 0) is 19.3 Å². The maximum atomic E-state index is 11.0. The van der Waals surface area contributed by atoms with Crippen molar-refractivity contribution in [1.29, 1.82) is 0 Å². The van der Waals surface area contributed by atoms with Gasteiger partial charge in [0, 0.05) is 6.42 Å². The summed E-state index contributed by atoms with van der Waals surface area (Å²) in [5.41, 5.74) is 3.41. The van der Waals surface area contributed by atoms with Crippen LogP contribution in [0, 0.1) is 6.92 Å². The van der Waals surface area contributed by atoms with Gasteiger partial charge in [-0.05, 0) is 49.4 Å². The van der Waals surface area contributed by atoms with Crippen LogP contribution in [-0.4, -0.2) is 22.7 Å². The molecule has 3 rings (SSSR count). The first-order valence-corrected chi connectivity index (χ1v) is 7.89. The number of aromatic carboxylic acids is 1. The molecule has 1 N–H and O–H groups in total. The third-order valence-corrected chi connectivity index (χ3v) is 4.89. The molecule has 0 saturated carbocycles. The van der Waals surface area contributed by atoms with Gasteiger partial charge in [0.15, 0.2) is 0 Å². The van der Waals surface area contributed by atoms with Crippen molar-refractivity contribution in [3.63, 3.8) is 0 Å². The number of hydrogen-bond donors (Lipinski definition) is 1. The van der Waals surface area contributed by atoms with Crippen molar-refractivity contribution < 1.29 is 14.6 Å². The van der Waals surface area contributed by atoms with Gasteiger partial charge in [-0.15, -0.1) is 11.3 Å². The molecule has 0 radical (unpaired) electrons. The first kappa shape index (κ1) is 14.1. The van der Waals surface area contributed by atoms with Gasteiger partial charge in [-0.25, -0.2) is 9.78 Å². The largest absolute Gasteiger partial charge is 0.493 e. The lowest BCUT2D eigenvalue weighted by Crippen LogP contribution is -2.01. The summed E-state index contributed by atoms with van der Waals surface area (Å²) in [6, 6.07) is 6.28. The van der Waals surface area contributed by atoms with E-state index in [1.54, 1.807) is 6.92 Å². The minimum Gasteiger partial charge on any atom is -0.493 e. The van der Waals surface area contributed by atoms with E-state index in [0.29, 0.717) is 23.6 Å². The molecule has 1 aliphatic carbocycles. The molecule has 0 spiro atoms. The Bertz CT molecular complexity index is 678. The third kappa shape index (κ3) is 3.08. The maximum Gasteiger partial charge on any atom is 0.347 e. The zero-order valence-corrected chi connectivity index (χ0v) is 12.7. The predicted octanol–water partition coefficient (Wildman–Crippen LogP) is 3.26. The molecule has 0 unspecified atom stereocenters. The Balaban J connectivity index is 1.59. The van der Waals surface area contributed by atoms with Crippen molar-refractivity contribution in [1.82, 2.24) is 4.98 Å². The topological polar surface area (TPSA) is 59.4 Å². The molecular formula is C16H17NO3S. The van der Waals surface area contributed by atoms with Gasteiger partial charge in [0.1, 0.15) is 10.6 Å². The lowest BCUT2D eigenvalue weighted by molar-refractivity contribution is 0.0701. The highest BCUT2D eigenvalue weighted by Crippen LogP contribution is 2.26. The molecule has 0 fully saturated rings.